The van der Waals surface area contributed by atoms with E-state index in [2.05, 4.69) is 9.97 Å². The molecule has 0 bridgehead atoms. The number of anilines is 1. The van der Waals surface area contributed by atoms with Crippen molar-refractivity contribution < 1.29 is 4.39 Å². The Morgan fingerprint density at radius 2 is 1.77 bits per heavy atom. The lowest BCUT2D eigenvalue weighted by atomic mass is 9.98. The van der Waals surface area contributed by atoms with E-state index in [9.17, 15) is 9.65 Å². The molecule has 2 N–H and O–H groups in total. The zero-order valence-electron chi connectivity index (χ0n) is 11.5. The summed E-state index contributed by atoms with van der Waals surface area (Å²) in [4.78, 5) is 8.19. The van der Waals surface area contributed by atoms with Crippen LogP contribution in [0.1, 0.15) is 5.56 Å². The van der Waals surface area contributed by atoms with E-state index in [-0.39, 0.29) is 11.4 Å². The third-order valence-electron chi connectivity index (χ3n) is 3.30. The van der Waals surface area contributed by atoms with Crippen molar-refractivity contribution in [2.24, 2.45) is 0 Å². The minimum atomic E-state index is -0.412. The van der Waals surface area contributed by atoms with Gasteiger partial charge in [0.05, 0.1) is 5.69 Å². The molecule has 0 atom stereocenters. The number of rotatable bonds is 2. The van der Waals surface area contributed by atoms with Crippen LogP contribution in [0.5, 0.6) is 0 Å². The largest absolute Gasteiger partial charge is 0.383 e. The van der Waals surface area contributed by atoms with Crippen LogP contribution in [0.25, 0.3) is 22.4 Å². The number of benzene rings is 1. The van der Waals surface area contributed by atoms with Gasteiger partial charge in [0.2, 0.25) is 0 Å². The van der Waals surface area contributed by atoms with E-state index < -0.39 is 5.82 Å². The van der Waals surface area contributed by atoms with Crippen molar-refractivity contribution in [3.63, 3.8) is 0 Å². The summed E-state index contributed by atoms with van der Waals surface area (Å²) in [5.41, 5.74) is 8.17. The minimum Gasteiger partial charge on any atom is -0.383 e. The number of hydrogen-bond acceptors (Lipinski definition) is 4. The van der Waals surface area contributed by atoms with E-state index in [1.54, 1.807) is 48.8 Å². The lowest BCUT2D eigenvalue weighted by Crippen LogP contribution is -2.00. The Hall–Kier alpha value is -3.26. The molecular formula is C17H11FN4. The quantitative estimate of drug-likeness (QED) is 0.784. The van der Waals surface area contributed by atoms with Gasteiger partial charge in [-0.3, -0.25) is 4.98 Å². The number of nitrogen functional groups attached to an aromatic ring is 1. The summed E-state index contributed by atoms with van der Waals surface area (Å²) in [5.74, 6) is -0.333. The second kappa shape index (κ2) is 5.62. The van der Waals surface area contributed by atoms with Crippen LogP contribution in [0.3, 0.4) is 0 Å². The molecule has 0 fully saturated rings. The van der Waals surface area contributed by atoms with Gasteiger partial charge in [-0.1, -0.05) is 18.2 Å². The highest BCUT2D eigenvalue weighted by atomic mass is 19.1. The Morgan fingerprint density at radius 3 is 2.45 bits per heavy atom. The van der Waals surface area contributed by atoms with Gasteiger partial charge in [-0.25, -0.2) is 9.37 Å². The molecule has 106 valence electrons. The predicted molar refractivity (Wildman–Crippen MR) is 82.0 cm³/mol. The van der Waals surface area contributed by atoms with Gasteiger partial charge in [0.25, 0.3) is 0 Å². The Balaban J connectivity index is 2.28. The van der Waals surface area contributed by atoms with Crippen LogP contribution in [0.15, 0.2) is 54.9 Å². The monoisotopic (exact) mass is 290 g/mol. The number of hydrogen-bond donors (Lipinski definition) is 1. The Labute approximate surface area is 126 Å². The average Bonchev–Trinajstić information content (AvgIpc) is 2.55. The lowest BCUT2D eigenvalue weighted by molar-refractivity contribution is 0.631. The third kappa shape index (κ3) is 2.38. The van der Waals surface area contributed by atoms with Crippen LogP contribution in [0, 0.1) is 17.1 Å². The van der Waals surface area contributed by atoms with Gasteiger partial charge < -0.3 is 5.73 Å². The summed E-state index contributed by atoms with van der Waals surface area (Å²) in [6.07, 6.45) is 3.27. The molecule has 1 aromatic carbocycles. The zero-order valence-corrected chi connectivity index (χ0v) is 11.5. The average molecular weight is 290 g/mol. The zero-order chi connectivity index (χ0) is 15.5. The summed E-state index contributed by atoms with van der Waals surface area (Å²) < 4.78 is 14.1. The van der Waals surface area contributed by atoms with Gasteiger partial charge in [0.1, 0.15) is 23.3 Å². The van der Waals surface area contributed by atoms with E-state index in [1.807, 2.05) is 6.07 Å². The number of nitrogens with zero attached hydrogens (tertiary/aromatic N) is 3. The van der Waals surface area contributed by atoms with Gasteiger partial charge in [0, 0.05) is 29.1 Å². The second-order valence-electron chi connectivity index (χ2n) is 4.64. The molecule has 22 heavy (non-hydrogen) atoms. The van der Waals surface area contributed by atoms with Crippen LogP contribution in [0.4, 0.5) is 10.2 Å². The molecule has 0 spiro atoms. The fraction of sp³-hybridized carbons (Fsp3) is 0. The fourth-order valence-electron chi connectivity index (χ4n) is 2.24. The summed E-state index contributed by atoms with van der Waals surface area (Å²) >= 11 is 0. The molecule has 0 unspecified atom stereocenters. The van der Waals surface area contributed by atoms with E-state index in [0.717, 1.165) is 5.56 Å². The van der Waals surface area contributed by atoms with Gasteiger partial charge in [-0.15, -0.1) is 0 Å². The number of halogens is 1. The first-order valence-electron chi connectivity index (χ1n) is 6.56. The molecule has 5 heteroatoms. The van der Waals surface area contributed by atoms with Crippen molar-refractivity contribution in [3.05, 3.63) is 66.2 Å². The first-order valence-corrected chi connectivity index (χ1v) is 6.56. The third-order valence-corrected chi connectivity index (χ3v) is 3.30. The first-order chi connectivity index (χ1) is 10.7. The van der Waals surface area contributed by atoms with Crippen LogP contribution < -0.4 is 5.73 Å². The van der Waals surface area contributed by atoms with Crippen molar-refractivity contribution in [1.82, 2.24) is 9.97 Å². The topological polar surface area (TPSA) is 75.6 Å². The van der Waals surface area contributed by atoms with Crippen molar-refractivity contribution in [2.45, 2.75) is 0 Å². The molecule has 2 aromatic heterocycles. The van der Waals surface area contributed by atoms with Crippen LogP contribution in [-0.2, 0) is 0 Å². The molecule has 4 nitrogen and oxygen atoms in total. The number of aromatic nitrogens is 2. The van der Waals surface area contributed by atoms with E-state index in [1.165, 1.54) is 6.07 Å². The summed E-state index contributed by atoms with van der Waals surface area (Å²) in [7, 11) is 0. The Morgan fingerprint density at radius 1 is 1.05 bits per heavy atom. The first kappa shape index (κ1) is 13.7. The molecule has 0 aliphatic carbocycles. The van der Waals surface area contributed by atoms with E-state index in [4.69, 9.17) is 5.73 Å². The fourth-order valence-corrected chi connectivity index (χ4v) is 2.24. The van der Waals surface area contributed by atoms with E-state index >= 15 is 0 Å². The maximum absolute atomic E-state index is 14.1. The molecule has 0 amide bonds. The Bertz CT molecular complexity index is 870. The molecule has 3 aromatic rings. The second-order valence-corrected chi connectivity index (χ2v) is 4.64. The Kier molecular flexibility index (Phi) is 3.50. The lowest BCUT2D eigenvalue weighted by Gasteiger charge is -2.10. The molecule has 0 saturated heterocycles. The summed E-state index contributed by atoms with van der Waals surface area (Å²) in [5, 5.41) is 9.31. The number of pyridine rings is 2. The molecule has 0 aliphatic rings. The normalized spacial score (nSPS) is 10.2. The predicted octanol–water partition coefficient (Wildman–Crippen LogP) is 3.40. The molecule has 2 heterocycles. The minimum absolute atomic E-state index is 0.0788. The molecule has 0 aliphatic heterocycles. The van der Waals surface area contributed by atoms with Crippen molar-refractivity contribution in [2.75, 3.05) is 5.73 Å². The molecule has 3 rings (SSSR count). The van der Waals surface area contributed by atoms with Crippen molar-refractivity contribution in [3.8, 4) is 28.5 Å². The van der Waals surface area contributed by atoms with Crippen molar-refractivity contribution >= 4 is 5.82 Å². The maximum atomic E-state index is 14.1. The van der Waals surface area contributed by atoms with Crippen LogP contribution in [-0.4, -0.2) is 9.97 Å². The van der Waals surface area contributed by atoms with Crippen LogP contribution in [0.2, 0.25) is 0 Å². The van der Waals surface area contributed by atoms with Gasteiger partial charge in [-0.05, 0) is 24.3 Å². The highest BCUT2D eigenvalue weighted by Crippen LogP contribution is 2.32. The highest BCUT2D eigenvalue weighted by molar-refractivity contribution is 5.80. The van der Waals surface area contributed by atoms with Gasteiger partial charge >= 0.3 is 0 Å². The number of nitrogens with two attached hydrogens (primary N) is 1. The smallest absolute Gasteiger partial charge is 0.142 e. The van der Waals surface area contributed by atoms with Crippen molar-refractivity contribution in [1.29, 1.82) is 5.26 Å². The van der Waals surface area contributed by atoms with Gasteiger partial charge in [-0.2, -0.15) is 5.26 Å². The molecular weight excluding hydrogens is 279 g/mol. The standard InChI is InChI=1S/C17H11FN4/c18-15-4-2-1-3-12(15)13-9-16(11-5-7-21-8-6-11)22-17(20)14(13)10-19/h1-9H,(H2,20,22). The highest BCUT2D eigenvalue weighted by Gasteiger charge is 2.15. The summed E-state index contributed by atoms with van der Waals surface area (Å²) in [6.45, 7) is 0. The van der Waals surface area contributed by atoms with E-state index in [0.29, 0.717) is 16.8 Å². The maximum Gasteiger partial charge on any atom is 0.142 e. The molecule has 0 radical (unpaired) electrons. The van der Waals surface area contributed by atoms with Crippen LogP contribution >= 0.6 is 0 Å². The van der Waals surface area contributed by atoms with Gasteiger partial charge in [0.15, 0.2) is 0 Å². The number of nitriles is 1. The SMILES string of the molecule is N#Cc1c(-c2ccccc2F)cc(-c2ccncc2)nc1N. The molecule has 0 saturated carbocycles. The summed E-state index contributed by atoms with van der Waals surface area (Å²) in [6, 6.07) is 13.5.